The van der Waals surface area contributed by atoms with Crippen molar-refractivity contribution in [1.82, 2.24) is 10.2 Å². The second kappa shape index (κ2) is 5.52. The number of nitrogens with zero attached hydrogens (tertiary/aromatic N) is 2. The average Bonchev–Trinajstić information content (AvgIpc) is 3.05. The minimum absolute atomic E-state index is 0.00894. The lowest BCUT2D eigenvalue weighted by molar-refractivity contribution is -0.137. The molecule has 1 unspecified atom stereocenters. The first-order valence-electron chi connectivity index (χ1n) is 6.71. The summed E-state index contributed by atoms with van der Waals surface area (Å²) >= 11 is 0. The fourth-order valence-electron chi connectivity index (χ4n) is 2.28. The smallest absolute Gasteiger partial charge is 0.403 e. The maximum Gasteiger partial charge on any atom is 0.416 e. The first-order chi connectivity index (χ1) is 10.7. The van der Waals surface area contributed by atoms with Gasteiger partial charge in [-0.15, -0.1) is 5.10 Å². The lowest BCUT2D eigenvalue weighted by Crippen LogP contribution is -2.20. The zero-order valence-electron chi connectivity index (χ0n) is 11.7. The molecule has 1 aromatic heterocycles. The number of halogens is 3. The van der Waals surface area contributed by atoms with E-state index in [0.29, 0.717) is 12.0 Å². The van der Waals surface area contributed by atoms with Crippen LogP contribution in [0.25, 0.3) is 11.5 Å². The van der Waals surface area contributed by atoms with Gasteiger partial charge in [0.2, 0.25) is 5.89 Å². The van der Waals surface area contributed by atoms with E-state index in [-0.39, 0.29) is 29.5 Å². The number of benzene rings is 1. The zero-order valence-corrected chi connectivity index (χ0v) is 12.5. The van der Waals surface area contributed by atoms with Crippen LogP contribution in [0.2, 0.25) is 0 Å². The first kappa shape index (κ1) is 15.8. The summed E-state index contributed by atoms with van der Waals surface area (Å²) in [6, 6.07) is 4.06. The third-order valence-corrected chi connectivity index (χ3v) is 5.21. The van der Waals surface area contributed by atoms with Crippen molar-refractivity contribution in [2.24, 2.45) is 0 Å². The van der Waals surface area contributed by atoms with Crippen molar-refractivity contribution < 1.29 is 26.0 Å². The van der Waals surface area contributed by atoms with Gasteiger partial charge < -0.3 is 9.73 Å². The standard InChI is InChI=1S/C13H12F3N3O3S/c14-13(15,16)9-3-1-8(2-4-9)11-18-19-12(22-11)17-10-5-6-23(20,21)7-10/h1-4,10H,5-7H2,(H,17,19). The SMILES string of the molecule is O=S1(=O)CCC(Nc2nnc(-c3ccc(C(F)(F)F)cc3)o2)C1. The van der Waals surface area contributed by atoms with Gasteiger partial charge >= 0.3 is 12.2 Å². The Kier molecular flexibility index (Phi) is 3.78. The van der Waals surface area contributed by atoms with Gasteiger partial charge in [-0.05, 0) is 30.7 Å². The minimum Gasteiger partial charge on any atom is -0.403 e. The molecule has 1 fully saturated rings. The predicted octanol–water partition coefficient (Wildman–Crippen LogP) is 2.35. The highest BCUT2D eigenvalue weighted by molar-refractivity contribution is 7.91. The molecule has 1 N–H and O–H groups in total. The predicted molar refractivity (Wildman–Crippen MR) is 75.4 cm³/mol. The monoisotopic (exact) mass is 347 g/mol. The van der Waals surface area contributed by atoms with Gasteiger partial charge in [0.15, 0.2) is 9.84 Å². The maximum absolute atomic E-state index is 12.5. The molecule has 3 rings (SSSR count). The lowest BCUT2D eigenvalue weighted by atomic mass is 10.1. The zero-order chi connectivity index (χ0) is 16.7. The summed E-state index contributed by atoms with van der Waals surface area (Å²) in [5.41, 5.74) is -0.423. The molecule has 2 aromatic rings. The molecule has 1 aliphatic rings. The van der Waals surface area contributed by atoms with E-state index in [2.05, 4.69) is 15.5 Å². The molecule has 10 heteroatoms. The molecule has 2 heterocycles. The van der Waals surface area contributed by atoms with Crippen LogP contribution in [-0.4, -0.2) is 36.2 Å². The number of hydrogen-bond donors (Lipinski definition) is 1. The van der Waals surface area contributed by atoms with Gasteiger partial charge in [0.1, 0.15) is 0 Å². The van der Waals surface area contributed by atoms with Crippen LogP contribution in [-0.2, 0) is 16.0 Å². The third-order valence-electron chi connectivity index (χ3n) is 3.44. The Morgan fingerprint density at radius 2 is 1.87 bits per heavy atom. The van der Waals surface area contributed by atoms with Gasteiger partial charge in [-0.25, -0.2) is 8.42 Å². The number of nitrogens with one attached hydrogen (secondary N) is 1. The van der Waals surface area contributed by atoms with Crippen LogP contribution in [0, 0.1) is 0 Å². The van der Waals surface area contributed by atoms with Gasteiger partial charge in [0, 0.05) is 11.6 Å². The Morgan fingerprint density at radius 1 is 1.17 bits per heavy atom. The molecule has 0 aliphatic carbocycles. The molecule has 23 heavy (non-hydrogen) atoms. The van der Waals surface area contributed by atoms with Crippen molar-refractivity contribution in [3.05, 3.63) is 29.8 Å². The first-order valence-corrected chi connectivity index (χ1v) is 8.53. The number of hydrogen-bond acceptors (Lipinski definition) is 6. The summed E-state index contributed by atoms with van der Waals surface area (Å²) in [6.07, 6.45) is -3.96. The average molecular weight is 347 g/mol. The molecule has 0 spiro atoms. The molecular weight excluding hydrogens is 335 g/mol. The fourth-order valence-corrected chi connectivity index (χ4v) is 3.96. The molecule has 124 valence electrons. The summed E-state index contributed by atoms with van der Waals surface area (Å²) in [5, 5.41) is 10.3. The van der Waals surface area contributed by atoms with Gasteiger partial charge in [-0.2, -0.15) is 13.2 Å². The topological polar surface area (TPSA) is 85.1 Å². The van der Waals surface area contributed by atoms with Crippen LogP contribution in [0.15, 0.2) is 28.7 Å². The third kappa shape index (κ3) is 3.63. The van der Waals surface area contributed by atoms with E-state index in [1.807, 2.05) is 0 Å². The van der Waals surface area contributed by atoms with E-state index in [0.717, 1.165) is 12.1 Å². The Morgan fingerprint density at radius 3 is 2.43 bits per heavy atom. The van der Waals surface area contributed by atoms with E-state index in [1.54, 1.807) is 0 Å². The van der Waals surface area contributed by atoms with E-state index < -0.39 is 21.6 Å². The summed E-state index contributed by atoms with van der Waals surface area (Å²) in [6.45, 7) is 0. The quantitative estimate of drug-likeness (QED) is 0.917. The van der Waals surface area contributed by atoms with Crippen molar-refractivity contribution in [3.63, 3.8) is 0 Å². The summed E-state index contributed by atoms with van der Waals surface area (Å²) in [5.74, 6) is 0.150. The largest absolute Gasteiger partial charge is 0.416 e. The van der Waals surface area contributed by atoms with Crippen LogP contribution < -0.4 is 5.32 Å². The highest BCUT2D eigenvalue weighted by Crippen LogP contribution is 2.31. The second-order valence-corrected chi connectivity index (χ2v) is 7.46. The molecular formula is C13H12F3N3O3S. The molecule has 1 aromatic carbocycles. The molecule has 0 saturated carbocycles. The number of alkyl halides is 3. The van der Waals surface area contributed by atoms with Gasteiger partial charge in [0.05, 0.1) is 17.1 Å². The van der Waals surface area contributed by atoms with E-state index in [4.69, 9.17) is 4.42 Å². The van der Waals surface area contributed by atoms with Crippen LogP contribution in [0.4, 0.5) is 19.2 Å². The fraction of sp³-hybridized carbons (Fsp3) is 0.385. The van der Waals surface area contributed by atoms with Gasteiger partial charge in [0.25, 0.3) is 0 Å². The summed E-state index contributed by atoms with van der Waals surface area (Å²) < 4.78 is 65.6. The number of anilines is 1. The normalized spacial score (nSPS) is 20.6. The minimum atomic E-state index is -4.41. The number of sulfone groups is 1. The van der Waals surface area contributed by atoms with Crippen molar-refractivity contribution >= 4 is 15.9 Å². The molecule has 6 nitrogen and oxygen atoms in total. The summed E-state index contributed by atoms with van der Waals surface area (Å²) in [7, 11) is -3.04. The van der Waals surface area contributed by atoms with Crippen molar-refractivity contribution in [1.29, 1.82) is 0 Å². The van der Waals surface area contributed by atoms with Crippen LogP contribution in [0.1, 0.15) is 12.0 Å². The Labute approximate surface area is 129 Å². The van der Waals surface area contributed by atoms with Crippen LogP contribution in [0.5, 0.6) is 0 Å². The Bertz CT molecular complexity index is 800. The molecule has 0 amide bonds. The molecule has 1 atom stereocenters. The van der Waals surface area contributed by atoms with Crippen LogP contribution >= 0.6 is 0 Å². The Balaban J connectivity index is 1.72. The van der Waals surface area contributed by atoms with E-state index >= 15 is 0 Å². The van der Waals surface area contributed by atoms with E-state index in [9.17, 15) is 21.6 Å². The molecule has 1 aliphatic heterocycles. The van der Waals surface area contributed by atoms with Crippen molar-refractivity contribution in [2.75, 3.05) is 16.8 Å². The molecule has 0 radical (unpaired) electrons. The lowest BCUT2D eigenvalue weighted by Gasteiger charge is -2.07. The highest BCUT2D eigenvalue weighted by Gasteiger charge is 2.31. The summed E-state index contributed by atoms with van der Waals surface area (Å²) in [4.78, 5) is 0. The maximum atomic E-state index is 12.5. The highest BCUT2D eigenvalue weighted by atomic mass is 32.2. The van der Waals surface area contributed by atoms with Crippen molar-refractivity contribution in [3.8, 4) is 11.5 Å². The van der Waals surface area contributed by atoms with Crippen molar-refractivity contribution in [2.45, 2.75) is 18.6 Å². The number of aromatic nitrogens is 2. The second-order valence-electron chi connectivity index (χ2n) is 5.23. The molecule has 1 saturated heterocycles. The van der Waals surface area contributed by atoms with E-state index in [1.165, 1.54) is 12.1 Å². The molecule has 0 bridgehead atoms. The van der Waals surface area contributed by atoms with Crippen LogP contribution in [0.3, 0.4) is 0 Å². The Hall–Kier alpha value is -2.10. The number of rotatable bonds is 3. The van der Waals surface area contributed by atoms with Gasteiger partial charge in [-0.3, -0.25) is 0 Å². The van der Waals surface area contributed by atoms with Gasteiger partial charge in [-0.1, -0.05) is 5.10 Å².